The monoisotopic (exact) mass is 923 g/mol. The Morgan fingerprint density at radius 1 is 0.282 bits per heavy atom. The second-order valence-corrected chi connectivity index (χ2v) is 22.8. The number of aryl methyl sites for hydroxylation is 2. The lowest BCUT2D eigenvalue weighted by Gasteiger charge is -2.35. The SMILES string of the molecule is Cc1ccc(C2(c3ccc(C)cc3)c3ccccc3-c3ccc(-c4ccc(N(c5ccc(-c6ccccc6)cc5)c5ccc([Si](c6ccccc6)(c6ccccc6)c6ccccc6)cc5)cc4)cc32)cc1. The molecule has 0 saturated carbocycles. The molecular weight excluding hydrogens is 871 g/mol. The summed E-state index contributed by atoms with van der Waals surface area (Å²) in [5, 5.41) is 5.42. The highest BCUT2D eigenvalue weighted by Crippen LogP contribution is 2.57. The summed E-state index contributed by atoms with van der Waals surface area (Å²) in [6.07, 6.45) is 0. The van der Waals surface area contributed by atoms with E-state index in [1.165, 1.54) is 87.5 Å². The van der Waals surface area contributed by atoms with E-state index in [9.17, 15) is 0 Å². The number of nitrogens with zero attached hydrogens (tertiary/aromatic N) is 1. The van der Waals surface area contributed by atoms with Crippen LogP contribution in [0.2, 0.25) is 0 Å². The van der Waals surface area contributed by atoms with Gasteiger partial charge in [-0.3, -0.25) is 0 Å². The zero-order valence-electron chi connectivity index (χ0n) is 40.1. The molecule has 2 heteroatoms. The maximum Gasteiger partial charge on any atom is 0.179 e. The Kier molecular flexibility index (Phi) is 11.3. The number of benzene rings is 11. The maximum atomic E-state index is 2.46. The van der Waals surface area contributed by atoms with Gasteiger partial charge in [0, 0.05) is 17.1 Å². The molecule has 11 aromatic carbocycles. The first-order valence-electron chi connectivity index (χ1n) is 24.7. The first-order valence-corrected chi connectivity index (χ1v) is 26.7. The Bertz CT molecular complexity index is 3450. The van der Waals surface area contributed by atoms with Gasteiger partial charge in [-0.1, -0.05) is 254 Å². The predicted octanol–water partition coefficient (Wildman–Crippen LogP) is 14.8. The van der Waals surface area contributed by atoms with E-state index < -0.39 is 13.5 Å². The summed E-state index contributed by atoms with van der Waals surface area (Å²) >= 11 is 0. The molecule has 0 N–H and O–H groups in total. The van der Waals surface area contributed by atoms with Crippen LogP contribution in [-0.2, 0) is 5.41 Å². The predicted molar refractivity (Wildman–Crippen MR) is 302 cm³/mol. The molecule has 0 aliphatic heterocycles. The Balaban J connectivity index is 0.982. The second kappa shape index (κ2) is 18.4. The van der Waals surface area contributed by atoms with Crippen LogP contribution in [-0.4, -0.2) is 8.07 Å². The normalized spacial score (nSPS) is 12.5. The first kappa shape index (κ1) is 43.7. The molecule has 71 heavy (non-hydrogen) atoms. The van der Waals surface area contributed by atoms with E-state index in [1.54, 1.807) is 0 Å². The van der Waals surface area contributed by atoms with E-state index in [4.69, 9.17) is 0 Å². The molecule has 0 radical (unpaired) electrons. The third kappa shape index (κ3) is 7.56. The van der Waals surface area contributed by atoms with Crippen molar-refractivity contribution in [1.82, 2.24) is 0 Å². The minimum absolute atomic E-state index is 0.472. The number of anilines is 3. The average Bonchev–Trinajstić information content (AvgIpc) is 3.74. The molecule has 0 spiro atoms. The van der Waals surface area contributed by atoms with Gasteiger partial charge in [0.2, 0.25) is 0 Å². The van der Waals surface area contributed by atoms with Gasteiger partial charge in [-0.15, -0.1) is 0 Å². The van der Waals surface area contributed by atoms with Crippen LogP contribution in [0.15, 0.2) is 285 Å². The maximum absolute atomic E-state index is 2.71. The molecule has 0 bridgehead atoms. The molecule has 0 amide bonds. The molecule has 0 saturated heterocycles. The molecule has 1 nitrogen and oxygen atoms in total. The van der Waals surface area contributed by atoms with Crippen LogP contribution in [0.25, 0.3) is 33.4 Å². The van der Waals surface area contributed by atoms with Crippen molar-refractivity contribution in [3.8, 4) is 33.4 Å². The van der Waals surface area contributed by atoms with Gasteiger partial charge in [-0.2, -0.15) is 0 Å². The van der Waals surface area contributed by atoms with Crippen molar-refractivity contribution in [3.05, 3.63) is 318 Å². The second-order valence-electron chi connectivity index (χ2n) is 19.0. The van der Waals surface area contributed by atoms with E-state index in [0.717, 1.165) is 17.1 Å². The minimum atomic E-state index is -2.71. The van der Waals surface area contributed by atoms with Crippen molar-refractivity contribution in [1.29, 1.82) is 0 Å². The molecule has 0 unspecified atom stereocenters. The quantitative estimate of drug-likeness (QED) is 0.0923. The van der Waals surface area contributed by atoms with Crippen LogP contribution in [0.5, 0.6) is 0 Å². The number of hydrogen-bond acceptors (Lipinski definition) is 1. The van der Waals surface area contributed by atoms with Gasteiger partial charge >= 0.3 is 0 Å². The van der Waals surface area contributed by atoms with E-state index in [2.05, 4.69) is 304 Å². The lowest BCUT2D eigenvalue weighted by molar-refractivity contribution is 0.768. The molecule has 0 heterocycles. The Morgan fingerprint density at radius 2 is 0.634 bits per heavy atom. The van der Waals surface area contributed by atoms with Gasteiger partial charge in [0.1, 0.15) is 0 Å². The summed E-state index contributed by atoms with van der Waals surface area (Å²) in [5.41, 5.74) is 17.9. The molecule has 0 aromatic heterocycles. The first-order chi connectivity index (χ1) is 35.0. The van der Waals surface area contributed by atoms with Gasteiger partial charge in [0.25, 0.3) is 0 Å². The highest BCUT2D eigenvalue weighted by Gasteiger charge is 2.46. The van der Waals surface area contributed by atoms with Crippen LogP contribution in [0.1, 0.15) is 33.4 Å². The van der Waals surface area contributed by atoms with Crippen molar-refractivity contribution in [2.45, 2.75) is 19.3 Å². The van der Waals surface area contributed by atoms with E-state index in [-0.39, 0.29) is 0 Å². The van der Waals surface area contributed by atoms with E-state index in [1.807, 2.05) is 0 Å². The van der Waals surface area contributed by atoms with Crippen LogP contribution < -0.4 is 25.6 Å². The van der Waals surface area contributed by atoms with Gasteiger partial charge in [-0.25, -0.2) is 0 Å². The average molecular weight is 924 g/mol. The van der Waals surface area contributed by atoms with Crippen LogP contribution in [0.4, 0.5) is 17.1 Å². The molecule has 12 rings (SSSR count). The van der Waals surface area contributed by atoms with E-state index in [0.29, 0.717) is 0 Å². The fourth-order valence-electron chi connectivity index (χ4n) is 11.5. The molecule has 0 fully saturated rings. The smallest absolute Gasteiger partial charge is 0.179 e. The Morgan fingerprint density at radius 3 is 1.11 bits per heavy atom. The summed E-state index contributed by atoms with van der Waals surface area (Å²) in [6.45, 7) is 4.35. The lowest BCUT2D eigenvalue weighted by Crippen LogP contribution is -2.74. The lowest BCUT2D eigenvalue weighted by atomic mass is 9.67. The zero-order valence-corrected chi connectivity index (χ0v) is 41.1. The molecule has 0 atom stereocenters. The molecule has 338 valence electrons. The number of fused-ring (bicyclic) bond motifs is 3. The fraction of sp³-hybridized carbons (Fsp3) is 0.0435. The fourth-order valence-corrected chi connectivity index (χ4v) is 16.2. The minimum Gasteiger partial charge on any atom is -0.311 e. The van der Waals surface area contributed by atoms with E-state index >= 15 is 0 Å². The van der Waals surface area contributed by atoms with Gasteiger partial charge < -0.3 is 4.90 Å². The van der Waals surface area contributed by atoms with Gasteiger partial charge in [0.15, 0.2) is 8.07 Å². The van der Waals surface area contributed by atoms with Crippen LogP contribution in [0, 0.1) is 13.8 Å². The number of hydrogen-bond donors (Lipinski definition) is 0. The summed E-state index contributed by atoms with van der Waals surface area (Å²) in [5.74, 6) is 0. The molecule has 11 aromatic rings. The Hall–Kier alpha value is -8.56. The Labute approximate surface area is 419 Å². The topological polar surface area (TPSA) is 3.24 Å². The van der Waals surface area contributed by atoms with Crippen molar-refractivity contribution in [3.63, 3.8) is 0 Å². The van der Waals surface area contributed by atoms with Crippen molar-refractivity contribution >= 4 is 45.9 Å². The van der Waals surface area contributed by atoms with Gasteiger partial charge in [-0.05, 0) is 133 Å². The van der Waals surface area contributed by atoms with Crippen molar-refractivity contribution < 1.29 is 0 Å². The number of rotatable bonds is 11. The summed E-state index contributed by atoms with van der Waals surface area (Å²) in [6, 6.07) is 106. The van der Waals surface area contributed by atoms with Crippen molar-refractivity contribution in [2.75, 3.05) is 4.90 Å². The third-order valence-electron chi connectivity index (χ3n) is 14.9. The van der Waals surface area contributed by atoms with Gasteiger partial charge in [0.05, 0.1) is 5.41 Å². The molecule has 1 aliphatic rings. The molecular formula is C69H53NSi. The summed E-state index contributed by atoms with van der Waals surface area (Å²) < 4.78 is 0. The van der Waals surface area contributed by atoms with Crippen LogP contribution in [0.3, 0.4) is 0 Å². The van der Waals surface area contributed by atoms with Crippen LogP contribution >= 0.6 is 0 Å². The largest absolute Gasteiger partial charge is 0.311 e. The zero-order chi connectivity index (χ0) is 47.8. The molecule has 1 aliphatic carbocycles. The standard InChI is InChI=1S/C69H53NSi/c1-50-27-36-56(37-28-50)69(57-38-29-51(2)30-39-57)67-26-16-15-25-65(67)66-48-35-55(49-68(66)69)54-33-42-59(43-34-54)70(58-40-31-53(32-41-58)52-17-7-3-8-18-52)60-44-46-64(47-45-60)71(61-19-9-4-10-20-61,62-21-11-5-12-22-62)63-23-13-6-14-24-63/h3-49H,1-2H3. The van der Waals surface area contributed by atoms with Crippen molar-refractivity contribution in [2.24, 2.45) is 0 Å². The summed E-state index contributed by atoms with van der Waals surface area (Å²) in [7, 11) is -2.71. The third-order valence-corrected chi connectivity index (χ3v) is 19.7. The summed E-state index contributed by atoms with van der Waals surface area (Å²) in [4.78, 5) is 2.40. The highest BCUT2D eigenvalue weighted by atomic mass is 28.3. The highest BCUT2D eigenvalue weighted by molar-refractivity contribution is 7.19.